The summed E-state index contributed by atoms with van der Waals surface area (Å²) in [5, 5.41) is 2.34. The molecule has 0 saturated heterocycles. The predicted molar refractivity (Wildman–Crippen MR) is 83.1 cm³/mol. The molecular weight excluding hydrogens is 304 g/mol. The van der Waals surface area contributed by atoms with Crippen LogP contribution in [0.5, 0.6) is 11.5 Å². The van der Waals surface area contributed by atoms with Crippen molar-refractivity contribution in [3.05, 3.63) is 53.6 Å². The molecule has 0 heterocycles. The topological polar surface area (TPSA) is 47.6 Å². The Hall–Kier alpha value is -2.63. The highest BCUT2D eigenvalue weighted by Gasteiger charge is 2.14. The molecule has 2 aromatic carbocycles. The molecule has 0 bridgehead atoms. The van der Waals surface area contributed by atoms with Crippen LogP contribution < -0.4 is 14.8 Å². The first-order valence-corrected chi connectivity index (χ1v) is 7.21. The molecule has 0 spiro atoms. The van der Waals surface area contributed by atoms with E-state index in [4.69, 9.17) is 9.47 Å². The van der Waals surface area contributed by atoms with Gasteiger partial charge in [-0.05, 0) is 44.2 Å². The van der Waals surface area contributed by atoms with Gasteiger partial charge in [-0.25, -0.2) is 8.78 Å². The van der Waals surface area contributed by atoms with Crippen LogP contribution in [-0.4, -0.2) is 19.1 Å². The molecule has 0 aliphatic heterocycles. The van der Waals surface area contributed by atoms with Crippen LogP contribution in [0.25, 0.3) is 0 Å². The second-order valence-electron chi connectivity index (χ2n) is 4.61. The fourth-order valence-corrected chi connectivity index (χ4v) is 1.98. The Morgan fingerprint density at radius 1 is 1.00 bits per heavy atom. The van der Waals surface area contributed by atoms with Gasteiger partial charge in [-0.3, -0.25) is 4.79 Å². The fourth-order valence-electron chi connectivity index (χ4n) is 1.98. The third-order valence-corrected chi connectivity index (χ3v) is 2.98. The average molecular weight is 321 g/mol. The highest BCUT2D eigenvalue weighted by molar-refractivity contribution is 6.04. The van der Waals surface area contributed by atoms with E-state index in [9.17, 15) is 13.6 Å². The first kappa shape index (κ1) is 16.7. The van der Waals surface area contributed by atoms with Crippen molar-refractivity contribution in [2.75, 3.05) is 18.5 Å². The molecular formula is C17H17F2NO3. The molecule has 0 atom stereocenters. The number of rotatable bonds is 6. The number of nitrogens with one attached hydrogen (secondary N) is 1. The van der Waals surface area contributed by atoms with Crippen LogP contribution in [0.3, 0.4) is 0 Å². The molecule has 6 heteroatoms. The zero-order valence-electron chi connectivity index (χ0n) is 12.9. The summed E-state index contributed by atoms with van der Waals surface area (Å²) in [4.78, 5) is 12.2. The average Bonchev–Trinajstić information content (AvgIpc) is 2.53. The van der Waals surface area contributed by atoms with E-state index in [0.29, 0.717) is 24.7 Å². The van der Waals surface area contributed by atoms with Crippen molar-refractivity contribution in [2.24, 2.45) is 0 Å². The maximum Gasteiger partial charge on any atom is 0.255 e. The summed E-state index contributed by atoms with van der Waals surface area (Å²) in [6.07, 6.45) is 0. The van der Waals surface area contributed by atoms with Crippen molar-refractivity contribution in [2.45, 2.75) is 13.8 Å². The fraction of sp³-hybridized carbons (Fsp3) is 0.235. The summed E-state index contributed by atoms with van der Waals surface area (Å²) < 4.78 is 37.6. The van der Waals surface area contributed by atoms with E-state index in [0.717, 1.165) is 18.2 Å². The Kier molecular flexibility index (Phi) is 5.51. The Morgan fingerprint density at radius 3 is 2.39 bits per heavy atom. The van der Waals surface area contributed by atoms with Crippen molar-refractivity contribution in [1.29, 1.82) is 0 Å². The molecule has 1 amide bonds. The van der Waals surface area contributed by atoms with Crippen LogP contribution in [0.1, 0.15) is 24.2 Å². The number of hydrogen-bond donors (Lipinski definition) is 1. The zero-order valence-corrected chi connectivity index (χ0v) is 12.9. The van der Waals surface area contributed by atoms with E-state index in [1.54, 1.807) is 6.07 Å². The molecule has 2 aromatic rings. The van der Waals surface area contributed by atoms with Gasteiger partial charge in [-0.1, -0.05) is 0 Å². The number of ether oxygens (including phenoxy) is 2. The summed E-state index contributed by atoms with van der Waals surface area (Å²) in [6, 6.07) is 7.49. The second-order valence-corrected chi connectivity index (χ2v) is 4.61. The van der Waals surface area contributed by atoms with Gasteiger partial charge in [-0.15, -0.1) is 0 Å². The van der Waals surface area contributed by atoms with Crippen molar-refractivity contribution in [1.82, 2.24) is 0 Å². The molecule has 0 aliphatic rings. The van der Waals surface area contributed by atoms with Gasteiger partial charge in [0.2, 0.25) is 0 Å². The number of amides is 1. The summed E-state index contributed by atoms with van der Waals surface area (Å²) in [6.45, 7) is 4.51. The molecule has 1 N–H and O–H groups in total. The van der Waals surface area contributed by atoms with Crippen molar-refractivity contribution in [3.63, 3.8) is 0 Å². The molecule has 0 aromatic heterocycles. The highest BCUT2D eigenvalue weighted by atomic mass is 19.1. The molecule has 4 nitrogen and oxygen atoms in total. The zero-order chi connectivity index (χ0) is 16.8. The van der Waals surface area contributed by atoms with Gasteiger partial charge in [0.15, 0.2) is 11.5 Å². The van der Waals surface area contributed by atoms with Crippen LogP contribution in [0.4, 0.5) is 14.5 Å². The molecule has 0 saturated carbocycles. The Bertz CT molecular complexity index is 704. The van der Waals surface area contributed by atoms with E-state index in [1.807, 2.05) is 13.8 Å². The lowest BCUT2D eigenvalue weighted by Gasteiger charge is -2.12. The second kappa shape index (κ2) is 7.58. The van der Waals surface area contributed by atoms with Crippen LogP contribution in [0.2, 0.25) is 0 Å². The molecule has 0 aliphatic carbocycles. The first-order valence-electron chi connectivity index (χ1n) is 7.21. The number of carbonyl (C=O) groups is 1. The van der Waals surface area contributed by atoms with Gasteiger partial charge in [0, 0.05) is 11.6 Å². The van der Waals surface area contributed by atoms with E-state index in [-0.39, 0.29) is 11.3 Å². The molecule has 23 heavy (non-hydrogen) atoms. The van der Waals surface area contributed by atoms with Gasteiger partial charge in [0.05, 0.1) is 18.9 Å². The van der Waals surface area contributed by atoms with E-state index in [2.05, 4.69) is 5.32 Å². The lowest BCUT2D eigenvalue weighted by Crippen LogP contribution is -2.13. The number of anilines is 1. The Morgan fingerprint density at radius 2 is 1.70 bits per heavy atom. The maximum absolute atomic E-state index is 13.6. The third-order valence-electron chi connectivity index (χ3n) is 2.98. The number of carbonyl (C=O) groups excluding carboxylic acids is 1. The molecule has 0 unspecified atom stereocenters. The van der Waals surface area contributed by atoms with Gasteiger partial charge >= 0.3 is 0 Å². The van der Waals surface area contributed by atoms with Crippen LogP contribution in [0, 0.1) is 11.6 Å². The highest BCUT2D eigenvalue weighted by Crippen LogP contribution is 2.29. The Labute approximate surface area is 133 Å². The van der Waals surface area contributed by atoms with Crippen molar-refractivity contribution < 1.29 is 23.0 Å². The monoisotopic (exact) mass is 321 g/mol. The SMILES string of the molecule is CCOc1ccc(C(=O)Nc2cc(F)ccc2F)cc1OCC. The lowest BCUT2D eigenvalue weighted by molar-refractivity contribution is 0.102. The first-order chi connectivity index (χ1) is 11.0. The lowest BCUT2D eigenvalue weighted by atomic mass is 10.1. The van der Waals surface area contributed by atoms with Gasteiger partial charge in [0.1, 0.15) is 11.6 Å². The van der Waals surface area contributed by atoms with E-state index in [1.165, 1.54) is 12.1 Å². The maximum atomic E-state index is 13.6. The van der Waals surface area contributed by atoms with E-state index >= 15 is 0 Å². The minimum absolute atomic E-state index is 0.221. The van der Waals surface area contributed by atoms with E-state index < -0.39 is 17.5 Å². The summed E-state index contributed by atoms with van der Waals surface area (Å²) >= 11 is 0. The normalized spacial score (nSPS) is 10.3. The smallest absolute Gasteiger partial charge is 0.255 e. The molecule has 0 radical (unpaired) electrons. The van der Waals surface area contributed by atoms with Crippen molar-refractivity contribution in [3.8, 4) is 11.5 Å². The van der Waals surface area contributed by atoms with Crippen LogP contribution in [-0.2, 0) is 0 Å². The molecule has 0 fully saturated rings. The van der Waals surface area contributed by atoms with Crippen LogP contribution in [0.15, 0.2) is 36.4 Å². The summed E-state index contributed by atoms with van der Waals surface area (Å²) in [5.74, 6) is -0.984. The predicted octanol–water partition coefficient (Wildman–Crippen LogP) is 4.01. The van der Waals surface area contributed by atoms with Gasteiger partial charge < -0.3 is 14.8 Å². The van der Waals surface area contributed by atoms with Crippen LogP contribution >= 0.6 is 0 Å². The van der Waals surface area contributed by atoms with Gasteiger partial charge in [-0.2, -0.15) is 0 Å². The standard InChI is InChI=1S/C17H17F2NO3/c1-3-22-15-8-5-11(9-16(15)23-4-2)17(21)20-14-10-12(18)6-7-13(14)19/h5-10H,3-4H2,1-2H3,(H,20,21). The summed E-state index contributed by atoms with van der Waals surface area (Å²) in [7, 11) is 0. The minimum Gasteiger partial charge on any atom is -0.490 e. The van der Waals surface area contributed by atoms with Gasteiger partial charge in [0.25, 0.3) is 5.91 Å². The quantitative estimate of drug-likeness (QED) is 0.874. The molecule has 122 valence electrons. The van der Waals surface area contributed by atoms with Crippen molar-refractivity contribution >= 4 is 11.6 Å². The third kappa shape index (κ3) is 4.18. The Balaban J connectivity index is 2.25. The largest absolute Gasteiger partial charge is 0.490 e. The summed E-state index contributed by atoms with van der Waals surface area (Å²) in [5.41, 5.74) is 0.0300. The number of hydrogen-bond acceptors (Lipinski definition) is 3. The molecule has 2 rings (SSSR count). The minimum atomic E-state index is -0.712. The number of halogens is 2. The number of benzene rings is 2.